The summed E-state index contributed by atoms with van der Waals surface area (Å²) in [6.45, 7) is 4.32. The minimum absolute atomic E-state index is 0.0951. The highest BCUT2D eigenvalue weighted by Crippen LogP contribution is 2.28. The molecule has 1 aliphatic rings. The number of aliphatic carboxylic acids is 1. The van der Waals surface area contributed by atoms with Crippen molar-refractivity contribution < 1.29 is 19.4 Å². The van der Waals surface area contributed by atoms with Crippen LogP contribution in [0.2, 0.25) is 0 Å². The van der Waals surface area contributed by atoms with E-state index in [1.807, 2.05) is 17.7 Å². The average Bonchev–Trinajstić information content (AvgIpc) is 3.01. The third kappa shape index (κ3) is 3.52. The molecule has 3 unspecified atom stereocenters. The van der Waals surface area contributed by atoms with Gasteiger partial charge in [0.2, 0.25) is 0 Å². The molecule has 116 valence electrons. The van der Waals surface area contributed by atoms with E-state index in [1.165, 1.54) is 0 Å². The fourth-order valence-corrected chi connectivity index (χ4v) is 2.27. The minimum atomic E-state index is -1.09. The Morgan fingerprint density at radius 1 is 1.62 bits per heavy atom. The topological polar surface area (TPSA) is 105 Å². The Kier molecular flexibility index (Phi) is 4.46. The van der Waals surface area contributed by atoms with Gasteiger partial charge in [0.15, 0.2) is 0 Å². The number of urea groups is 1. The lowest BCUT2D eigenvalue weighted by Gasteiger charge is -2.26. The number of hydrogen-bond donors (Lipinski definition) is 3. The molecule has 3 atom stereocenters. The molecule has 0 spiro atoms. The lowest BCUT2D eigenvalue weighted by atomic mass is 9.85. The van der Waals surface area contributed by atoms with Gasteiger partial charge >= 0.3 is 12.0 Å². The lowest BCUT2D eigenvalue weighted by Crippen LogP contribution is -2.54. The van der Waals surface area contributed by atoms with Crippen molar-refractivity contribution in [3.05, 3.63) is 18.7 Å². The van der Waals surface area contributed by atoms with Crippen LogP contribution in [-0.4, -0.2) is 52.0 Å². The molecule has 8 nitrogen and oxygen atoms in total. The average molecular weight is 296 g/mol. The van der Waals surface area contributed by atoms with Crippen LogP contribution in [0.1, 0.15) is 13.8 Å². The number of carbonyl (C=O) groups is 2. The van der Waals surface area contributed by atoms with Crippen molar-refractivity contribution in [1.82, 2.24) is 20.2 Å². The summed E-state index contributed by atoms with van der Waals surface area (Å²) in [6, 6.07) is -1.06. The zero-order valence-electron chi connectivity index (χ0n) is 12.1. The van der Waals surface area contributed by atoms with Crippen molar-refractivity contribution in [2.75, 3.05) is 13.2 Å². The molecule has 1 aliphatic heterocycles. The van der Waals surface area contributed by atoms with Crippen LogP contribution >= 0.6 is 0 Å². The predicted molar refractivity (Wildman–Crippen MR) is 73.7 cm³/mol. The number of carboxylic acids is 1. The van der Waals surface area contributed by atoms with E-state index in [4.69, 9.17) is 4.74 Å². The number of nitrogens with one attached hydrogen (secondary N) is 2. The first-order valence-electron chi connectivity index (χ1n) is 6.75. The van der Waals surface area contributed by atoms with Crippen LogP contribution in [0.5, 0.6) is 0 Å². The number of carbonyl (C=O) groups excluding carboxylic acids is 1. The van der Waals surface area contributed by atoms with E-state index >= 15 is 0 Å². The van der Waals surface area contributed by atoms with E-state index in [9.17, 15) is 14.7 Å². The molecule has 21 heavy (non-hydrogen) atoms. The summed E-state index contributed by atoms with van der Waals surface area (Å²) in [5, 5.41) is 14.7. The quantitative estimate of drug-likeness (QED) is 0.712. The number of rotatable bonds is 5. The first kappa shape index (κ1) is 15.3. The van der Waals surface area contributed by atoms with Crippen LogP contribution in [0, 0.1) is 5.41 Å². The van der Waals surface area contributed by atoms with Crippen LogP contribution in [0.15, 0.2) is 18.7 Å². The zero-order valence-corrected chi connectivity index (χ0v) is 12.1. The van der Waals surface area contributed by atoms with Gasteiger partial charge in [0.25, 0.3) is 0 Å². The van der Waals surface area contributed by atoms with Crippen LogP contribution in [0.25, 0.3) is 0 Å². The summed E-state index contributed by atoms with van der Waals surface area (Å²) in [4.78, 5) is 27.2. The second-order valence-electron chi connectivity index (χ2n) is 5.57. The number of hydrogen-bond acceptors (Lipinski definition) is 4. The molecular formula is C13H20N4O4. The molecule has 1 aromatic rings. The van der Waals surface area contributed by atoms with Gasteiger partial charge in [-0.2, -0.15) is 0 Å². The summed E-state index contributed by atoms with van der Waals surface area (Å²) in [7, 11) is 0. The predicted octanol–water partition coefficient (Wildman–Crippen LogP) is 0.0605. The second kappa shape index (κ2) is 6.13. The maximum Gasteiger partial charge on any atom is 0.315 e. The van der Waals surface area contributed by atoms with E-state index in [-0.39, 0.29) is 19.3 Å². The van der Waals surface area contributed by atoms with Gasteiger partial charge in [0.05, 0.1) is 25.6 Å². The molecule has 2 amide bonds. The van der Waals surface area contributed by atoms with E-state index in [0.717, 1.165) is 0 Å². The molecule has 0 radical (unpaired) electrons. The molecular weight excluding hydrogens is 276 g/mol. The third-order valence-corrected chi connectivity index (χ3v) is 3.67. The number of ether oxygens (including phenoxy) is 1. The van der Waals surface area contributed by atoms with Gasteiger partial charge in [-0.05, 0) is 13.8 Å². The molecule has 1 aromatic heterocycles. The van der Waals surface area contributed by atoms with Crippen molar-refractivity contribution in [1.29, 1.82) is 0 Å². The summed E-state index contributed by atoms with van der Waals surface area (Å²) in [5.41, 5.74) is -1.09. The largest absolute Gasteiger partial charge is 0.481 e. The number of amides is 2. The highest BCUT2D eigenvalue weighted by Gasteiger charge is 2.47. The summed E-state index contributed by atoms with van der Waals surface area (Å²) in [6.07, 6.45) is 5.14. The second-order valence-corrected chi connectivity index (χ2v) is 5.57. The molecule has 1 saturated heterocycles. The molecule has 0 bridgehead atoms. The van der Waals surface area contributed by atoms with Gasteiger partial charge in [-0.25, -0.2) is 9.78 Å². The number of aromatic nitrogens is 2. The van der Waals surface area contributed by atoms with Crippen LogP contribution in [0.3, 0.4) is 0 Å². The first-order valence-corrected chi connectivity index (χ1v) is 6.75. The highest BCUT2D eigenvalue weighted by molar-refractivity contribution is 5.79. The molecule has 0 saturated carbocycles. The first-order chi connectivity index (χ1) is 9.91. The van der Waals surface area contributed by atoms with E-state index < -0.39 is 23.5 Å². The minimum Gasteiger partial charge on any atom is -0.481 e. The van der Waals surface area contributed by atoms with Gasteiger partial charge in [0.1, 0.15) is 5.41 Å². The number of nitrogens with zero attached hydrogens (tertiary/aromatic N) is 2. The number of imidazole rings is 1. The van der Waals surface area contributed by atoms with E-state index in [2.05, 4.69) is 15.6 Å². The summed E-state index contributed by atoms with van der Waals surface area (Å²) >= 11 is 0. The van der Waals surface area contributed by atoms with Crippen molar-refractivity contribution in [3.63, 3.8) is 0 Å². The van der Waals surface area contributed by atoms with Crippen LogP contribution in [0.4, 0.5) is 4.79 Å². The van der Waals surface area contributed by atoms with Crippen LogP contribution in [-0.2, 0) is 16.1 Å². The van der Waals surface area contributed by atoms with Crippen LogP contribution < -0.4 is 10.6 Å². The molecule has 2 rings (SSSR count). The fourth-order valence-electron chi connectivity index (χ4n) is 2.27. The number of carboxylic acid groups (broad SMARTS) is 1. The van der Waals surface area contributed by atoms with Gasteiger partial charge in [0, 0.05) is 25.0 Å². The normalized spacial score (nSPS) is 26.3. The Balaban J connectivity index is 1.85. The monoisotopic (exact) mass is 296 g/mol. The highest BCUT2D eigenvalue weighted by atomic mass is 16.5. The zero-order chi connectivity index (χ0) is 15.5. The molecule has 2 heterocycles. The van der Waals surface area contributed by atoms with Gasteiger partial charge < -0.3 is 25.0 Å². The molecule has 1 fully saturated rings. The molecule has 8 heteroatoms. The SMILES string of the molecule is CC(Cn1ccnc1)NC(=O)NC1COCC1(C)C(=O)O. The van der Waals surface area contributed by atoms with Crippen molar-refractivity contribution >= 4 is 12.0 Å². The Morgan fingerprint density at radius 2 is 2.38 bits per heavy atom. The maximum absolute atomic E-state index is 12.0. The van der Waals surface area contributed by atoms with Gasteiger partial charge in [-0.15, -0.1) is 0 Å². The van der Waals surface area contributed by atoms with Gasteiger partial charge in [-0.1, -0.05) is 0 Å². The maximum atomic E-state index is 12.0. The molecule has 0 aliphatic carbocycles. The molecule has 3 N–H and O–H groups in total. The molecule has 0 aromatic carbocycles. The van der Waals surface area contributed by atoms with Crippen molar-refractivity contribution in [3.8, 4) is 0 Å². The lowest BCUT2D eigenvalue weighted by molar-refractivity contribution is -0.148. The summed E-state index contributed by atoms with van der Waals surface area (Å²) in [5.74, 6) is -0.975. The van der Waals surface area contributed by atoms with E-state index in [1.54, 1.807) is 19.4 Å². The Labute approximate surface area is 122 Å². The Bertz CT molecular complexity index is 504. The third-order valence-electron chi connectivity index (χ3n) is 3.67. The fraction of sp³-hybridized carbons (Fsp3) is 0.615. The Morgan fingerprint density at radius 3 is 3.00 bits per heavy atom. The van der Waals surface area contributed by atoms with Crippen molar-refractivity contribution in [2.24, 2.45) is 5.41 Å². The van der Waals surface area contributed by atoms with Gasteiger partial charge in [-0.3, -0.25) is 4.79 Å². The Hall–Kier alpha value is -2.09. The summed E-state index contributed by atoms with van der Waals surface area (Å²) < 4.78 is 7.04. The smallest absolute Gasteiger partial charge is 0.315 e. The van der Waals surface area contributed by atoms with E-state index in [0.29, 0.717) is 6.54 Å². The standard InChI is InChI=1S/C13H20N4O4/c1-9(5-17-4-3-14-8-17)15-12(20)16-10-6-21-7-13(10,2)11(18)19/h3-4,8-10H,5-7H2,1-2H3,(H,18,19)(H2,15,16,20). The van der Waals surface area contributed by atoms with Crippen molar-refractivity contribution in [2.45, 2.75) is 32.5 Å².